The van der Waals surface area contributed by atoms with E-state index in [9.17, 15) is 23.0 Å². The van der Waals surface area contributed by atoms with E-state index in [0.29, 0.717) is 28.9 Å². The fourth-order valence-corrected chi connectivity index (χ4v) is 5.61. The zero-order valence-electron chi connectivity index (χ0n) is 18.4. The van der Waals surface area contributed by atoms with Crippen molar-refractivity contribution in [3.05, 3.63) is 66.0 Å². The molecule has 1 aliphatic heterocycles. The first-order valence-corrected chi connectivity index (χ1v) is 12.5. The molecule has 1 saturated heterocycles. The van der Waals surface area contributed by atoms with Crippen molar-refractivity contribution in [1.82, 2.24) is 9.71 Å². The molecule has 176 valence electrons. The lowest BCUT2D eigenvalue weighted by Crippen LogP contribution is -2.42. The second-order valence-electron chi connectivity index (χ2n) is 8.66. The van der Waals surface area contributed by atoms with Crippen LogP contribution in [0.5, 0.6) is 0 Å². The number of fused-ring (bicyclic) bond motifs is 1. The Hall–Kier alpha value is -2.59. The number of aliphatic hydroxyl groups is 2. The lowest BCUT2D eigenvalue weighted by Gasteiger charge is -2.35. The molecule has 2 aromatic carbocycles. The van der Waals surface area contributed by atoms with Gasteiger partial charge in [-0.25, -0.2) is 22.5 Å². The molecule has 3 aromatic rings. The Morgan fingerprint density at radius 3 is 2.61 bits per heavy atom. The molecule has 1 fully saturated rings. The normalized spacial score (nSPS) is 20.2. The molecule has 1 aliphatic rings. The number of aromatic nitrogens is 1. The first-order chi connectivity index (χ1) is 15.7. The van der Waals surface area contributed by atoms with Crippen LogP contribution in [0.2, 0.25) is 0 Å². The van der Waals surface area contributed by atoms with E-state index in [1.54, 1.807) is 12.1 Å². The van der Waals surface area contributed by atoms with Crippen molar-refractivity contribution in [3.63, 3.8) is 0 Å². The van der Waals surface area contributed by atoms with Crippen molar-refractivity contribution >= 4 is 26.7 Å². The van der Waals surface area contributed by atoms with E-state index in [-0.39, 0.29) is 17.9 Å². The van der Waals surface area contributed by atoms with Gasteiger partial charge in [0.25, 0.3) is 0 Å². The standard InChI is InChI=1S/C24H28FN3O4S/c1-16-12-20(30)15-28(14-16)24-9-4-18-13-21(7-8-22(18)26-24)33(31,32)27-23(10-11-29)17-2-5-19(25)6-3-17/h2-9,13,16,20,23,27,29-30H,10-12,14-15H2,1H3/t16-,20+,23?/m1/s1. The van der Waals surface area contributed by atoms with E-state index < -0.39 is 28.0 Å². The molecule has 0 bridgehead atoms. The van der Waals surface area contributed by atoms with Crippen molar-refractivity contribution in [1.29, 1.82) is 0 Å². The minimum absolute atomic E-state index is 0.0802. The number of hydrogen-bond acceptors (Lipinski definition) is 6. The smallest absolute Gasteiger partial charge is 0.241 e. The van der Waals surface area contributed by atoms with Crippen LogP contribution in [0.15, 0.2) is 59.5 Å². The quantitative estimate of drug-likeness (QED) is 0.488. The number of piperidine rings is 1. The summed E-state index contributed by atoms with van der Waals surface area (Å²) < 4.78 is 42.0. The number of benzene rings is 2. The van der Waals surface area contributed by atoms with E-state index in [1.807, 2.05) is 17.0 Å². The number of rotatable bonds is 7. The first kappa shape index (κ1) is 23.6. The molecule has 9 heteroatoms. The van der Waals surface area contributed by atoms with Gasteiger partial charge in [0.2, 0.25) is 10.0 Å². The van der Waals surface area contributed by atoms with Crippen LogP contribution in [0.1, 0.15) is 31.4 Å². The van der Waals surface area contributed by atoms with Gasteiger partial charge in [-0.2, -0.15) is 0 Å². The molecule has 2 heterocycles. The Balaban J connectivity index is 1.58. The van der Waals surface area contributed by atoms with Gasteiger partial charge in [0.1, 0.15) is 11.6 Å². The van der Waals surface area contributed by atoms with E-state index in [0.717, 1.165) is 18.8 Å². The van der Waals surface area contributed by atoms with Gasteiger partial charge in [0.05, 0.1) is 16.5 Å². The largest absolute Gasteiger partial charge is 0.396 e. The minimum Gasteiger partial charge on any atom is -0.396 e. The fraction of sp³-hybridized carbons (Fsp3) is 0.375. The van der Waals surface area contributed by atoms with Crippen LogP contribution in [-0.2, 0) is 10.0 Å². The van der Waals surface area contributed by atoms with Crippen LogP contribution in [0, 0.1) is 11.7 Å². The molecule has 0 spiro atoms. The summed E-state index contributed by atoms with van der Waals surface area (Å²) in [5.41, 5.74) is 1.23. The van der Waals surface area contributed by atoms with Crippen LogP contribution in [-0.4, -0.2) is 49.4 Å². The Morgan fingerprint density at radius 2 is 1.91 bits per heavy atom. The average Bonchev–Trinajstić information content (AvgIpc) is 2.78. The molecule has 1 aromatic heterocycles. The van der Waals surface area contributed by atoms with Crippen LogP contribution >= 0.6 is 0 Å². The highest BCUT2D eigenvalue weighted by Gasteiger charge is 2.25. The van der Waals surface area contributed by atoms with E-state index in [2.05, 4.69) is 16.6 Å². The molecule has 1 unspecified atom stereocenters. The Labute approximate surface area is 192 Å². The van der Waals surface area contributed by atoms with E-state index in [1.165, 1.54) is 30.3 Å². The zero-order valence-corrected chi connectivity index (χ0v) is 19.2. The summed E-state index contributed by atoms with van der Waals surface area (Å²) in [6.45, 7) is 3.20. The molecule has 4 rings (SSSR count). The van der Waals surface area contributed by atoms with Gasteiger partial charge < -0.3 is 15.1 Å². The highest BCUT2D eigenvalue weighted by molar-refractivity contribution is 7.89. The van der Waals surface area contributed by atoms with Gasteiger partial charge in [-0.05, 0) is 66.8 Å². The Kier molecular flexibility index (Phi) is 6.94. The van der Waals surface area contributed by atoms with Crippen molar-refractivity contribution < 1.29 is 23.0 Å². The predicted molar refractivity (Wildman–Crippen MR) is 125 cm³/mol. The highest BCUT2D eigenvalue weighted by atomic mass is 32.2. The van der Waals surface area contributed by atoms with Gasteiger partial charge in [0.15, 0.2) is 0 Å². The summed E-state index contributed by atoms with van der Waals surface area (Å²) in [5.74, 6) is 0.693. The van der Waals surface area contributed by atoms with Crippen LogP contribution in [0.4, 0.5) is 10.2 Å². The number of hydrogen-bond donors (Lipinski definition) is 3. The topological polar surface area (TPSA) is 103 Å². The zero-order chi connectivity index (χ0) is 23.6. The minimum atomic E-state index is -3.90. The Bertz CT molecular complexity index is 1210. The van der Waals surface area contributed by atoms with Crippen molar-refractivity contribution in [3.8, 4) is 0 Å². The number of sulfonamides is 1. The maximum atomic E-state index is 13.3. The summed E-state index contributed by atoms with van der Waals surface area (Å²) in [7, 11) is -3.90. The third kappa shape index (κ3) is 5.50. The molecule has 0 aliphatic carbocycles. The van der Waals surface area contributed by atoms with Gasteiger partial charge >= 0.3 is 0 Å². The lowest BCUT2D eigenvalue weighted by atomic mass is 9.98. The molecular formula is C24H28FN3O4S. The van der Waals surface area contributed by atoms with Crippen molar-refractivity contribution in [2.24, 2.45) is 5.92 Å². The van der Waals surface area contributed by atoms with Crippen molar-refractivity contribution in [2.75, 3.05) is 24.6 Å². The molecule has 0 radical (unpaired) electrons. The molecule has 7 nitrogen and oxygen atoms in total. The number of nitrogens with zero attached hydrogens (tertiary/aromatic N) is 2. The fourth-order valence-electron chi connectivity index (χ4n) is 4.32. The second kappa shape index (κ2) is 9.72. The second-order valence-corrected chi connectivity index (χ2v) is 10.4. The first-order valence-electron chi connectivity index (χ1n) is 11.0. The molecule has 0 saturated carbocycles. The predicted octanol–water partition coefficient (Wildman–Crippen LogP) is 2.98. The third-order valence-corrected chi connectivity index (χ3v) is 7.37. The van der Waals surface area contributed by atoms with Gasteiger partial charge in [-0.1, -0.05) is 19.1 Å². The number of aliphatic hydroxyl groups excluding tert-OH is 2. The number of nitrogens with one attached hydrogen (secondary N) is 1. The highest BCUT2D eigenvalue weighted by Crippen LogP contribution is 2.26. The number of anilines is 1. The van der Waals surface area contributed by atoms with Gasteiger partial charge in [0, 0.05) is 31.1 Å². The molecular weight excluding hydrogens is 445 g/mol. The SMILES string of the molecule is C[C@@H]1C[C@H](O)CN(c2ccc3cc(S(=O)(=O)NC(CCO)c4ccc(F)cc4)ccc3n2)C1. The summed E-state index contributed by atoms with van der Waals surface area (Å²) in [6.07, 6.45) is 0.537. The average molecular weight is 474 g/mol. The van der Waals surface area contributed by atoms with Crippen molar-refractivity contribution in [2.45, 2.75) is 36.8 Å². The van der Waals surface area contributed by atoms with E-state index >= 15 is 0 Å². The monoisotopic (exact) mass is 473 g/mol. The number of halogens is 1. The summed E-state index contributed by atoms with van der Waals surface area (Å²) >= 11 is 0. The Morgan fingerprint density at radius 1 is 1.15 bits per heavy atom. The number of β-amino-alcohol motifs (C(OH)–C–C–N with tert-alkyl or cyclic N) is 1. The van der Waals surface area contributed by atoms with Crippen LogP contribution in [0.25, 0.3) is 10.9 Å². The summed E-state index contributed by atoms with van der Waals surface area (Å²) in [5, 5.41) is 20.1. The molecule has 3 atom stereocenters. The number of pyridine rings is 1. The van der Waals surface area contributed by atoms with Gasteiger partial charge in [-0.3, -0.25) is 0 Å². The van der Waals surface area contributed by atoms with E-state index in [4.69, 9.17) is 0 Å². The molecule has 0 amide bonds. The van der Waals surface area contributed by atoms with Crippen LogP contribution < -0.4 is 9.62 Å². The van der Waals surface area contributed by atoms with Crippen LogP contribution in [0.3, 0.4) is 0 Å². The maximum Gasteiger partial charge on any atom is 0.241 e. The molecule has 33 heavy (non-hydrogen) atoms. The summed E-state index contributed by atoms with van der Waals surface area (Å²) in [4.78, 5) is 6.80. The summed E-state index contributed by atoms with van der Waals surface area (Å²) in [6, 6.07) is 13.2. The third-order valence-electron chi connectivity index (χ3n) is 5.91. The molecule has 3 N–H and O–H groups in total. The lowest BCUT2D eigenvalue weighted by molar-refractivity contribution is 0.132. The van der Waals surface area contributed by atoms with Gasteiger partial charge in [-0.15, -0.1) is 0 Å². The maximum absolute atomic E-state index is 13.3.